The van der Waals surface area contributed by atoms with Gasteiger partial charge in [-0.15, -0.1) is 0 Å². The number of aliphatic hydroxyl groups is 1. The molecule has 0 saturated heterocycles. The van der Waals surface area contributed by atoms with Crippen LogP contribution in [0.5, 0.6) is 5.75 Å². The van der Waals surface area contributed by atoms with Crippen LogP contribution < -0.4 is 15.0 Å². The Morgan fingerprint density at radius 1 is 1.04 bits per heavy atom. The van der Waals surface area contributed by atoms with Crippen molar-refractivity contribution in [2.24, 2.45) is 11.3 Å². The van der Waals surface area contributed by atoms with Crippen LogP contribution in [-0.2, 0) is 20.5 Å². The van der Waals surface area contributed by atoms with Crippen LogP contribution in [0.4, 0.5) is 10.6 Å². The minimum absolute atomic E-state index is 0.0208. The Bertz CT molecular complexity index is 1650. The Labute approximate surface area is 303 Å². The van der Waals surface area contributed by atoms with Gasteiger partial charge in [0, 0.05) is 43.6 Å². The number of nitrogens with one attached hydrogen (secondary N) is 1. The number of pyridine rings is 1. The quantitative estimate of drug-likeness (QED) is 0.176. The summed E-state index contributed by atoms with van der Waals surface area (Å²) in [6, 6.07) is 10.8. The number of aryl methyl sites for hydroxylation is 1. The van der Waals surface area contributed by atoms with E-state index in [2.05, 4.69) is 63.5 Å². The largest absolute Gasteiger partial charge is 0.496 e. The zero-order valence-corrected chi connectivity index (χ0v) is 31.2. The topological polar surface area (TPSA) is 119 Å². The molecule has 2 heterocycles. The van der Waals surface area contributed by atoms with Crippen LogP contribution in [0.2, 0.25) is 0 Å². The number of benzene rings is 1. The molecule has 276 valence electrons. The molecule has 7 rings (SSSR count). The predicted octanol–water partition coefficient (Wildman–Crippen LogP) is 7.70. The number of carbonyl (C=O) groups excluding carboxylic acids is 2. The summed E-state index contributed by atoms with van der Waals surface area (Å²) >= 11 is 0. The van der Waals surface area contributed by atoms with Crippen molar-refractivity contribution in [1.29, 1.82) is 0 Å². The van der Waals surface area contributed by atoms with E-state index < -0.39 is 6.09 Å². The maximum absolute atomic E-state index is 14.7. The molecule has 51 heavy (non-hydrogen) atoms. The molecule has 3 aromatic rings. The molecule has 0 radical (unpaired) electrons. The first-order valence-corrected chi connectivity index (χ1v) is 19.0. The highest BCUT2D eigenvalue weighted by atomic mass is 16.6. The Morgan fingerprint density at radius 2 is 1.76 bits per heavy atom. The molecule has 0 unspecified atom stereocenters. The Hall–Kier alpha value is -3.92. The zero-order chi connectivity index (χ0) is 36.2. The highest BCUT2D eigenvalue weighted by molar-refractivity contribution is 5.95. The number of anilines is 1. The van der Waals surface area contributed by atoms with E-state index in [-0.39, 0.29) is 40.9 Å². The van der Waals surface area contributed by atoms with Crippen LogP contribution >= 0.6 is 0 Å². The van der Waals surface area contributed by atoms with Crippen LogP contribution in [0.15, 0.2) is 48.9 Å². The fourth-order valence-electron chi connectivity index (χ4n) is 8.57. The highest BCUT2D eigenvalue weighted by Crippen LogP contribution is 2.58. The minimum Gasteiger partial charge on any atom is -0.496 e. The van der Waals surface area contributed by atoms with Gasteiger partial charge in [0.2, 0.25) is 5.91 Å². The molecule has 4 fully saturated rings. The third-order valence-corrected chi connectivity index (χ3v) is 12.5. The smallest absolute Gasteiger partial charge is 0.407 e. The lowest BCUT2D eigenvalue weighted by Gasteiger charge is -2.55. The molecule has 10 heteroatoms. The number of rotatable bonds is 13. The molecule has 4 aliphatic carbocycles. The molecule has 2 bridgehead atoms. The van der Waals surface area contributed by atoms with E-state index in [1.165, 1.54) is 11.1 Å². The number of methoxy groups -OCH3 is 1. The second-order valence-corrected chi connectivity index (χ2v) is 16.0. The van der Waals surface area contributed by atoms with E-state index in [4.69, 9.17) is 24.7 Å². The first-order chi connectivity index (χ1) is 24.5. The number of hydrogen-bond acceptors (Lipinski definition) is 7. The number of ether oxygens (including phenoxy) is 2. The molecular formula is C41H57N5O5. The molecule has 2 aromatic heterocycles. The molecule has 0 spiro atoms. The van der Waals surface area contributed by atoms with Crippen molar-refractivity contribution >= 4 is 17.8 Å². The van der Waals surface area contributed by atoms with Gasteiger partial charge in [0.15, 0.2) is 0 Å². The SMILES string of the molecule is CCC(C)(C)n1cc(-c2ccnc(N(CC34CCC(c5ccc(OC)c(C)c5)(CC3)CC4)C(=O)[C@H]3CC[C@H](OC(=O)NCCCO)CC3)c2)cn1. The van der Waals surface area contributed by atoms with Gasteiger partial charge in [-0.2, -0.15) is 5.10 Å². The van der Waals surface area contributed by atoms with Gasteiger partial charge in [0.25, 0.3) is 0 Å². The van der Waals surface area contributed by atoms with Crippen molar-refractivity contribution in [2.75, 3.05) is 31.7 Å². The van der Waals surface area contributed by atoms with Gasteiger partial charge in [-0.3, -0.25) is 14.4 Å². The fourth-order valence-corrected chi connectivity index (χ4v) is 8.57. The Kier molecular flexibility index (Phi) is 11.1. The monoisotopic (exact) mass is 699 g/mol. The maximum atomic E-state index is 14.7. The molecule has 2 amide bonds. The minimum atomic E-state index is -0.457. The lowest BCUT2D eigenvalue weighted by atomic mass is 9.51. The molecule has 2 N–H and O–H groups in total. The van der Waals surface area contributed by atoms with E-state index in [9.17, 15) is 9.59 Å². The standard InChI is InChI=1S/C41H57N5O5/c1-6-39(3,4)46-27-32(26-44-46)31-14-22-42-36(25-31)45(37(48)30-8-11-34(12-9-30)51-38(49)43-21-7-23-47)28-40-15-18-41(19-16-40,20-17-40)33-10-13-35(50-5)29(2)24-33/h10,13-14,22,24-27,30,34,47H,6-9,11-12,15-21,23,28H2,1-5H3,(H,43,49)/t30-,34-,40?,41?. The van der Waals surface area contributed by atoms with Crippen molar-refractivity contribution in [3.63, 3.8) is 0 Å². The Balaban J connectivity index is 1.22. The van der Waals surface area contributed by atoms with Crippen molar-refractivity contribution in [1.82, 2.24) is 20.1 Å². The highest BCUT2D eigenvalue weighted by Gasteiger charge is 2.51. The number of fused-ring (bicyclic) bond motifs is 3. The first-order valence-electron chi connectivity index (χ1n) is 19.0. The Morgan fingerprint density at radius 3 is 2.41 bits per heavy atom. The summed E-state index contributed by atoms with van der Waals surface area (Å²) in [5, 5.41) is 16.4. The van der Waals surface area contributed by atoms with Crippen LogP contribution in [-0.4, -0.2) is 64.8 Å². The summed E-state index contributed by atoms with van der Waals surface area (Å²) in [6.45, 7) is 9.72. The van der Waals surface area contributed by atoms with Crippen LogP contribution in [0.1, 0.15) is 109 Å². The second kappa shape index (κ2) is 15.4. The van der Waals surface area contributed by atoms with E-state index in [1.807, 2.05) is 28.0 Å². The van der Waals surface area contributed by atoms with Gasteiger partial charge in [-0.05, 0) is 144 Å². The average Bonchev–Trinajstić information content (AvgIpc) is 3.67. The average molecular weight is 700 g/mol. The fraction of sp³-hybridized carbons (Fsp3) is 0.610. The number of amides is 2. The summed E-state index contributed by atoms with van der Waals surface area (Å²) in [5.41, 5.74) is 4.74. The van der Waals surface area contributed by atoms with Gasteiger partial charge < -0.3 is 19.9 Å². The second-order valence-electron chi connectivity index (χ2n) is 16.0. The van der Waals surface area contributed by atoms with Gasteiger partial charge in [0.1, 0.15) is 17.7 Å². The summed E-state index contributed by atoms with van der Waals surface area (Å²) in [4.78, 5) is 33.8. The normalized spacial score (nSPS) is 24.6. The molecule has 0 aliphatic heterocycles. The van der Waals surface area contributed by atoms with Crippen molar-refractivity contribution < 1.29 is 24.2 Å². The molecule has 1 aromatic carbocycles. The molecule has 0 atom stereocenters. The summed E-state index contributed by atoms with van der Waals surface area (Å²) < 4.78 is 13.2. The summed E-state index contributed by atoms with van der Waals surface area (Å²) in [5.74, 6) is 1.59. The molecule has 4 aliphatic rings. The summed E-state index contributed by atoms with van der Waals surface area (Å²) in [7, 11) is 1.73. The number of alkyl carbamates (subject to hydrolysis) is 1. The number of aliphatic hydroxyl groups excluding tert-OH is 1. The van der Waals surface area contributed by atoms with Crippen molar-refractivity contribution in [3.8, 4) is 16.9 Å². The first kappa shape index (κ1) is 36.9. The van der Waals surface area contributed by atoms with E-state index in [0.29, 0.717) is 51.0 Å². The molecule has 4 saturated carbocycles. The van der Waals surface area contributed by atoms with Crippen LogP contribution in [0.25, 0.3) is 11.1 Å². The van der Waals surface area contributed by atoms with Crippen LogP contribution in [0.3, 0.4) is 0 Å². The number of hydrogen-bond donors (Lipinski definition) is 2. The molecule has 10 nitrogen and oxygen atoms in total. The van der Waals surface area contributed by atoms with E-state index >= 15 is 0 Å². The third-order valence-electron chi connectivity index (χ3n) is 12.5. The van der Waals surface area contributed by atoms with E-state index in [0.717, 1.165) is 61.8 Å². The number of carbonyl (C=O) groups is 2. The van der Waals surface area contributed by atoms with Gasteiger partial charge in [0.05, 0.1) is 18.8 Å². The maximum Gasteiger partial charge on any atom is 0.407 e. The lowest BCUT2D eigenvalue weighted by Crippen LogP contribution is -2.52. The zero-order valence-electron chi connectivity index (χ0n) is 31.2. The van der Waals surface area contributed by atoms with Gasteiger partial charge in [-0.25, -0.2) is 9.78 Å². The van der Waals surface area contributed by atoms with Crippen molar-refractivity contribution in [2.45, 2.75) is 122 Å². The van der Waals surface area contributed by atoms with Gasteiger partial charge >= 0.3 is 6.09 Å². The number of aromatic nitrogens is 3. The number of nitrogens with zero attached hydrogens (tertiary/aromatic N) is 4. The van der Waals surface area contributed by atoms with Crippen molar-refractivity contribution in [3.05, 3.63) is 60.0 Å². The lowest BCUT2D eigenvalue weighted by molar-refractivity contribution is -0.124. The van der Waals surface area contributed by atoms with E-state index in [1.54, 1.807) is 7.11 Å². The summed E-state index contributed by atoms with van der Waals surface area (Å²) in [6.07, 6.45) is 15.8. The third kappa shape index (κ3) is 7.96. The van der Waals surface area contributed by atoms with Crippen LogP contribution in [0, 0.1) is 18.3 Å². The molecular weight excluding hydrogens is 642 g/mol. The van der Waals surface area contributed by atoms with Gasteiger partial charge in [-0.1, -0.05) is 19.1 Å². The predicted molar refractivity (Wildman–Crippen MR) is 199 cm³/mol.